The van der Waals surface area contributed by atoms with Gasteiger partial charge < -0.3 is 14.2 Å². The molecule has 0 bridgehead atoms. The Balaban J connectivity index is 4.34. The van der Waals surface area contributed by atoms with Crippen LogP contribution in [0.3, 0.4) is 0 Å². The van der Waals surface area contributed by atoms with Crippen LogP contribution in [0.4, 0.5) is 0 Å². The summed E-state index contributed by atoms with van der Waals surface area (Å²) < 4.78 is 16.8. The molecular formula is C56H102O6. The van der Waals surface area contributed by atoms with Crippen molar-refractivity contribution in [3.05, 3.63) is 36.5 Å². The summed E-state index contributed by atoms with van der Waals surface area (Å²) in [4.78, 5) is 38.0. The van der Waals surface area contributed by atoms with Gasteiger partial charge in [-0.2, -0.15) is 0 Å². The molecule has 6 heteroatoms. The van der Waals surface area contributed by atoms with Gasteiger partial charge in [0.15, 0.2) is 6.10 Å². The van der Waals surface area contributed by atoms with Crippen molar-refractivity contribution in [1.29, 1.82) is 0 Å². The topological polar surface area (TPSA) is 78.9 Å². The third kappa shape index (κ3) is 48.7. The highest BCUT2D eigenvalue weighted by molar-refractivity contribution is 5.71. The number of hydrogen-bond donors (Lipinski definition) is 0. The first-order valence-electron chi connectivity index (χ1n) is 27.0. The van der Waals surface area contributed by atoms with Crippen molar-refractivity contribution < 1.29 is 28.6 Å². The van der Waals surface area contributed by atoms with Gasteiger partial charge in [-0.05, 0) is 96.3 Å². The maximum absolute atomic E-state index is 12.8. The molecule has 0 saturated carbocycles. The van der Waals surface area contributed by atoms with Gasteiger partial charge in [0.05, 0.1) is 0 Å². The summed E-state index contributed by atoms with van der Waals surface area (Å²) in [5.41, 5.74) is 0. The van der Waals surface area contributed by atoms with Crippen molar-refractivity contribution in [2.75, 3.05) is 13.2 Å². The van der Waals surface area contributed by atoms with Gasteiger partial charge in [-0.3, -0.25) is 14.4 Å². The number of allylic oxidation sites excluding steroid dienone is 6. The molecule has 0 N–H and O–H groups in total. The van der Waals surface area contributed by atoms with Gasteiger partial charge >= 0.3 is 17.9 Å². The van der Waals surface area contributed by atoms with Crippen molar-refractivity contribution in [2.45, 2.75) is 290 Å². The number of carbonyl (C=O) groups excluding carboxylic acids is 3. The molecule has 362 valence electrons. The maximum atomic E-state index is 12.8. The maximum Gasteiger partial charge on any atom is 0.306 e. The third-order valence-corrected chi connectivity index (χ3v) is 11.8. The van der Waals surface area contributed by atoms with E-state index in [0.717, 1.165) is 77.0 Å². The molecule has 0 aromatic rings. The Morgan fingerprint density at radius 2 is 0.532 bits per heavy atom. The first-order valence-corrected chi connectivity index (χ1v) is 27.0. The van der Waals surface area contributed by atoms with Crippen molar-refractivity contribution in [1.82, 2.24) is 0 Å². The molecule has 62 heavy (non-hydrogen) atoms. The minimum atomic E-state index is -0.782. The number of esters is 3. The summed E-state index contributed by atoms with van der Waals surface area (Å²) in [6, 6.07) is 0. The zero-order chi connectivity index (χ0) is 45.1. The average molecular weight is 871 g/mol. The zero-order valence-corrected chi connectivity index (χ0v) is 41.4. The largest absolute Gasteiger partial charge is 0.462 e. The average Bonchev–Trinajstić information content (AvgIpc) is 3.27. The highest BCUT2D eigenvalue weighted by Gasteiger charge is 2.19. The second kappa shape index (κ2) is 51.3. The summed E-state index contributed by atoms with van der Waals surface area (Å²) in [7, 11) is 0. The van der Waals surface area contributed by atoms with Gasteiger partial charge in [-0.15, -0.1) is 0 Å². The van der Waals surface area contributed by atoms with Gasteiger partial charge in [-0.25, -0.2) is 0 Å². The quantitative estimate of drug-likeness (QED) is 0.0262. The van der Waals surface area contributed by atoms with Crippen LogP contribution in [0.1, 0.15) is 284 Å². The molecule has 1 atom stereocenters. The van der Waals surface area contributed by atoms with E-state index in [1.54, 1.807) is 0 Å². The standard InChI is InChI=1S/C56H102O6/c1-4-7-10-13-16-19-22-25-26-27-28-29-30-32-34-37-40-43-46-49-55(58)61-52-53(51-60-54(57)48-45-42-39-36-33-24-21-18-15-12-9-6-3)62-56(59)50-47-44-41-38-35-31-23-20-17-14-11-8-5-2/h18,21,27-28,31,35,53H,4-17,19-20,22-26,29-30,32-34,36-52H2,1-3H3/b21-18-,28-27-,35-31-. The molecule has 0 aromatic heterocycles. The number of carbonyl (C=O) groups is 3. The first kappa shape index (κ1) is 59.6. The van der Waals surface area contributed by atoms with Gasteiger partial charge in [-0.1, -0.05) is 205 Å². The number of rotatable bonds is 49. The molecular weight excluding hydrogens is 769 g/mol. The van der Waals surface area contributed by atoms with Crippen LogP contribution in [0.25, 0.3) is 0 Å². The molecule has 0 radical (unpaired) electrons. The molecule has 0 aliphatic carbocycles. The normalized spacial score (nSPS) is 12.2. The van der Waals surface area contributed by atoms with E-state index in [4.69, 9.17) is 14.2 Å². The lowest BCUT2D eigenvalue weighted by atomic mass is 10.1. The molecule has 0 amide bonds. The zero-order valence-electron chi connectivity index (χ0n) is 41.4. The fourth-order valence-electron chi connectivity index (χ4n) is 7.72. The fourth-order valence-corrected chi connectivity index (χ4v) is 7.72. The third-order valence-electron chi connectivity index (χ3n) is 11.8. The van der Waals surface area contributed by atoms with Gasteiger partial charge in [0, 0.05) is 19.3 Å². The first-order chi connectivity index (χ1) is 30.5. The van der Waals surface area contributed by atoms with Crippen LogP contribution in [0, 0.1) is 0 Å². The van der Waals surface area contributed by atoms with Crippen molar-refractivity contribution >= 4 is 17.9 Å². The predicted octanol–water partition coefficient (Wildman–Crippen LogP) is 17.7. The monoisotopic (exact) mass is 871 g/mol. The van der Waals surface area contributed by atoms with E-state index in [-0.39, 0.29) is 31.1 Å². The van der Waals surface area contributed by atoms with Crippen LogP contribution in [-0.2, 0) is 28.6 Å². The lowest BCUT2D eigenvalue weighted by Crippen LogP contribution is -2.30. The summed E-state index contributed by atoms with van der Waals surface area (Å²) in [5.74, 6) is -0.901. The summed E-state index contributed by atoms with van der Waals surface area (Å²) >= 11 is 0. The van der Waals surface area contributed by atoms with Gasteiger partial charge in [0.1, 0.15) is 13.2 Å². The summed E-state index contributed by atoms with van der Waals surface area (Å²) in [5, 5.41) is 0. The van der Waals surface area contributed by atoms with Crippen molar-refractivity contribution in [3.8, 4) is 0 Å². The fraction of sp³-hybridized carbons (Fsp3) is 0.839. The van der Waals surface area contributed by atoms with Crippen molar-refractivity contribution in [2.24, 2.45) is 0 Å². The Morgan fingerprint density at radius 3 is 0.855 bits per heavy atom. The number of hydrogen-bond acceptors (Lipinski definition) is 6. The van der Waals surface area contributed by atoms with E-state index >= 15 is 0 Å². The lowest BCUT2D eigenvalue weighted by Gasteiger charge is -2.18. The van der Waals surface area contributed by atoms with E-state index in [1.807, 2.05) is 0 Å². The molecule has 0 saturated heterocycles. The second-order valence-electron chi connectivity index (χ2n) is 18.1. The Morgan fingerprint density at radius 1 is 0.306 bits per heavy atom. The molecule has 0 aliphatic heterocycles. The van der Waals surface area contributed by atoms with Crippen LogP contribution >= 0.6 is 0 Å². The number of unbranched alkanes of at least 4 members (excludes halogenated alkanes) is 32. The van der Waals surface area contributed by atoms with Crippen LogP contribution in [0.2, 0.25) is 0 Å². The molecule has 0 heterocycles. The van der Waals surface area contributed by atoms with Gasteiger partial charge in [0.25, 0.3) is 0 Å². The van der Waals surface area contributed by atoms with E-state index in [2.05, 4.69) is 57.2 Å². The Hall–Kier alpha value is -2.37. The van der Waals surface area contributed by atoms with E-state index in [1.165, 1.54) is 167 Å². The molecule has 0 rings (SSSR count). The summed E-state index contributed by atoms with van der Waals surface area (Å²) in [6.45, 7) is 6.60. The predicted molar refractivity (Wildman–Crippen MR) is 266 cm³/mol. The van der Waals surface area contributed by atoms with Gasteiger partial charge in [0.2, 0.25) is 0 Å². The second-order valence-corrected chi connectivity index (χ2v) is 18.1. The molecule has 6 nitrogen and oxygen atoms in total. The molecule has 1 unspecified atom stereocenters. The molecule has 0 aromatic carbocycles. The minimum Gasteiger partial charge on any atom is -0.462 e. The van der Waals surface area contributed by atoms with Crippen LogP contribution in [0.15, 0.2) is 36.5 Å². The van der Waals surface area contributed by atoms with E-state index < -0.39 is 6.10 Å². The highest BCUT2D eigenvalue weighted by Crippen LogP contribution is 2.15. The SMILES string of the molecule is CCCCC/C=C\CCCCCCCC(=O)OCC(COC(=O)CCCCCCCCC/C=C\CCCCCCCCCC)OC(=O)CCCCC/C=C\CCCCCCCC. The lowest BCUT2D eigenvalue weighted by molar-refractivity contribution is -0.167. The van der Waals surface area contributed by atoms with Crippen LogP contribution in [0.5, 0.6) is 0 Å². The highest BCUT2D eigenvalue weighted by atomic mass is 16.6. The van der Waals surface area contributed by atoms with E-state index in [9.17, 15) is 14.4 Å². The van der Waals surface area contributed by atoms with Crippen LogP contribution < -0.4 is 0 Å². The Bertz CT molecular complexity index is 1050. The van der Waals surface area contributed by atoms with Crippen LogP contribution in [-0.4, -0.2) is 37.2 Å². The molecule has 0 spiro atoms. The number of ether oxygens (including phenoxy) is 3. The Labute approximate surface area is 385 Å². The summed E-state index contributed by atoms with van der Waals surface area (Å²) in [6.07, 6.45) is 59.9. The smallest absolute Gasteiger partial charge is 0.306 e. The van der Waals surface area contributed by atoms with Crippen molar-refractivity contribution in [3.63, 3.8) is 0 Å². The molecule has 0 fully saturated rings. The Kier molecular flexibility index (Phi) is 49.3. The minimum absolute atomic E-state index is 0.0815. The molecule has 0 aliphatic rings. The van der Waals surface area contributed by atoms with E-state index in [0.29, 0.717) is 19.3 Å².